The maximum Gasteiger partial charge on any atom is 0.193 e. The Morgan fingerprint density at radius 3 is 2.12 bits per heavy atom. The van der Waals surface area contributed by atoms with Crippen LogP contribution < -0.4 is 0 Å². The number of carbonyl (C=O) groups excluding carboxylic acids is 1. The van der Waals surface area contributed by atoms with Crippen LogP contribution in [0, 0.1) is 5.92 Å². The Labute approximate surface area is 152 Å². The zero-order valence-electron chi connectivity index (χ0n) is 15.4. The molecule has 0 spiro atoms. The van der Waals surface area contributed by atoms with E-state index in [1.165, 1.54) is 56.9 Å². The van der Waals surface area contributed by atoms with Crippen molar-refractivity contribution in [1.29, 1.82) is 0 Å². The topological polar surface area (TPSA) is 17.1 Å². The van der Waals surface area contributed by atoms with Gasteiger partial charge in [-0.15, -0.1) is 0 Å². The van der Waals surface area contributed by atoms with Crippen molar-refractivity contribution in [2.45, 2.75) is 64.2 Å². The van der Waals surface area contributed by atoms with Gasteiger partial charge in [0.15, 0.2) is 5.78 Å². The summed E-state index contributed by atoms with van der Waals surface area (Å²) in [4.78, 5) is 12.5. The zero-order chi connectivity index (χ0) is 17.5. The van der Waals surface area contributed by atoms with Crippen molar-refractivity contribution in [2.24, 2.45) is 5.92 Å². The Bertz CT molecular complexity index is 648. The minimum Gasteiger partial charge on any atom is -0.289 e. The summed E-state index contributed by atoms with van der Waals surface area (Å²) in [5.41, 5.74) is 2.97. The molecular weight excluding hydrogens is 304 g/mol. The lowest BCUT2D eigenvalue weighted by atomic mass is 9.77. The van der Waals surface area contributed by atoms with Gasteiger partial charge < -0.3 is 0 Å². The Balaban J connectivity index is 1.56. The fourth-order valence-electron chi connectivity index (χ4n) is 4.13. The van der Waals surface area contributed by atoms with E-state index in [0.717, 1.165) is 17.0 Å². The molecule has 0 radical (unpaired) electrons. The van der Waals surface area contributed by atoms with Crippen molar-refractivity contribution in [2.75, 3.05) is 0 Å². The number of unbranched alkanes of at least 4 members (excludes halogenated alkanes) is 2. The van der Waals surface area contributed by atoms with Crippen LogP contribution in [0.15, 0.2) is 54.6 Å². The molecule has 0 heterocycles. The molecule has 132 valence electrons. The van der Waals surface area contributed by atoms with E-state index >= 15 is 0 Å². The average molecular weight is 335 g/mol. The summed E-state index contributed by atoms with van der Waals surface area (Å²) in [5.74, 6) is 1.75. The van der Waals surface area contributed by atoms with Crippen molar-refractivity contribution in [3.05, 3.63) is 71.3 Å². The minimum atomic E-state index is 0.117. The molecular formula is C24H30O. The number of rotatable bonds is 7. The number of hydrogen-bond acceptors (Lipinski definition) is 1. The zero-order valence-corrected chi connectivity index (χ0v) is 15.4. The SMILES string of the molecule is CCCCCC1CCC(c2ccc(C(=O)c3ccccc3)cc2)CC1. The van der Waals surface area contributed by atoms with Crippen molar-refractivity contribution in [1.82, 2.24) is 0 Å². The van der Waals surface area contributed by atoms with Crippen molar-refractivity contribution in [3.63, 3.8) is 0 Å². The summed E-state index contributed by atoms with van der Waals surface area (Å²) in [6.45, 7) is 2.28. The molecule has 1 aliphatic rings. The van der Waals surface area contributed by atoms with Crippen molar-refractivity contribution >= 4 is 5.78 Å². The summed E-state index contributed by atoms with van der Waals surface area (Å²) in [6.07, 6.45) is 10.9. The molecule has 1 aliphatic carbocycles. The standard InChI is InChI=1S/C24H30O/c1-2-3-5-8-19-11-13-20(14-12-19)21-15-17-23(18-16-21)24(25)22-9-6-4-7-10-22/h4,6-7,9-10,15-20H,2-3,5,8,11-14H2,1H3. The molecule has 0 amide bonds. The largest absolute Gasteiger partial charge is 0.289 e. The van der Waals surface area contributed by atoms with Gasteiger partial charge in [-0.05, 0) is 43.1 Å². The van der Waals surface area contributed by atoms with Gasteiger partial charge in [-0.2, -0.15) is 0 Å². The fourth-order valence-corrected chi connectivity index (χ4v) is 4.13. The molecule has 0 saturated heterocycles. The van der Waals surface area contributed by atoms with Gasteiger partial charge in [-0.3, -0.25) is 4.79 Å². The van der Waals surface area contributed by atoms with E-state index in [0.29, 0.717) is 5.92 Å². The monoisotopic (exact) mass is 334 g/mol. The van der Waals surface area contributed by atoms with Gasteiger partial charge in [0.05, 0.1) is 0 Å². The lowest BCUT2D eigenvalue weighted by Crippen LogP contribution is -2.13. The second kappa shape index (κ2) is 8.99. The van der Waals surface area contributed by atoms with E-state index in [2.05, 4.69) is 19.1 Å². The molecule has 0 aliphatic heterocycles. The molecule has 0 N–H and O–H groups in total. The van der Waals surface area contributed by atoms with Crippen molar-refractivity contribution in [3.8, 4) is 0 Å². The predicted octanol–water partition coefficient (Wildman–Crippen LogP) is 6.77. The smallest absolute Gasteiger partial charge is 0.193 e. The first-order valence-corrected chi connectivity index (χ1v) is 9.97. The van der Waals surface area contributed by atoms with Crippen LogP contribution in [0.1, 0.15) is 85.7 Å². The molecule has 0 atom stereocenters. The summed E-state index contributed by atoms with van der Waals surface area (Å²) in [6, 6.07) is 17.9. The molecule has 2 aromatic carbocycles. The lowest BCUT2D eigenvalue weighted by molar-refractivity contribution is 0.103. The van der Waals surface area contributed by atoms with Gasteiger partial charge >= 0.3 is 0 Å². The van der Waals surface area contributed by atoms with Gasteiger partial charge in [-0.1, -0.05) is 87.2 Å². The quantitative estimate of drug-likeness (QED) is 0.403. The first kappa shape index (κ1) is 17.9. The van der Waals surface area contributed by atoms with Crippen molar-refractivity contribution < 1.29 is 4.79 Å². The molecule has 0 bridgehead atoms. The Kier molecular flexibility index (Phi) is 6.44. The third-order valence-electron chi connectivity index (χ3n) is 5.74. The summed E-state index contributed by atoms with van der Waals surface area (Å²) in [5, 5.41) is 0. The molecule has 25 heavy (non-hydrogen) atoms. The molecule has 0 aromatic heterocycles. The van der Waals surface area contributed by atoms with Crippen LogP contribution in [0.3, 0.4) is 0 Å². The third-order valence-corrected chi connectivity index (χ3v) is 5.74. The molecule has 3 rings (SSSR count). The van der Waals surface area contributed by atoms with E-state index < -0.39 is 0 Å². The molecule has 1 heteroatoms. The van der Waals surface area contributed by atoms with Crippen LogP contribution in [0.4, 0.5) is 0 Å². The lowest BCUT2D eigenvalue weighted by Gasteiger charge is -2.29. The maximum atomic E-state index is 12.5. The highest BCUT2D eigenvalue weighted by Crippen LogP contribution is 2.37. The van der Waals surface area contributed by atoms with E-state index in [1.807, 2.05) is 42.5 Å². The second-order valence-corrected chi connectivity index (χ2v) is 7.53. The van der Waals surface area contributed by atoms with E-state index in [4.69, 9.17) is 0 Å². The molecule has 1 nitrogen and oxygen atoms in total. The van der Waals surface area contributed by atoms with E-state index in [9.17, 15) is 4.79 Å². The number of ketones is 1. The average Bonchev–Trinajstić information content (AvgIpc) is 2.69. The fraction of sp³-hybridized carbons (Fsp3) is 0.458. The number of benzene rings is 2. The first-order chi connectivity index (χ1) is 12.3. The van der Waals surface area contributed by atoms with Crippen LogP contribution in [0.25, 0.3) is 0 Å². The van der Waals surface area contributed by atoms with Crippen LogP contribution in [0.5, 0.6) is 0 Å². The van der Waals surface area contributed by atoms with Gasteiger partial charge in [-0.25, -0.2) is 0 Å². The van der Waals surface area contributed by atoms with Gasteiger partial charge in [0.25, 0.3) is 0 Å². The van der Waals surface area contributed by atoms with Crippen LogP contribution in [-0.2, 0) is 0 Å². The Hall–Kier alpha value is -1.89. The summed E-state index contributed by atoms with van der Waals surface area (Å²) < 4.78 is 0. The van der Waals surface area contributed by atoms with E-state index in [1.54, 1.807) is 0 Å². The third kappa shape index (κ3) is 4.81. The predicted molar refractivity (Wildman–Crippen MR) is 105 cm³/mol. The second-order valence-electron chi connectivity index (χ2n) is 7.53. The molecule has 1 saturated carbocycles. The van der Waals surface area contributed by atoms with Gasteiger partial charge in [0.2, 0.25) is 0 Å². The molecule has 2 aromatic rings. The number of carbonyl (C=O) groups is 1. The van der Waals surface area contributed by atoms with Crippen LogP contribution in [-0.4, -0.2) is 5.78 Å². The van der Waals surface area contributed by atoms with Crippen LogP contribution >= 0.6 is 0 Å². The van der Waals surface area contributed by atoms with E-state index in [-0.39, 0.29) is 5.78 Å². The molecule has 1 fully saturated rings. The first-order valence-electron chi connectivity index (χ1n) is 9.97. The minimum absolute atomic E-state index is 0.117. The summed E-state index contributed by atoms with van der Waals surface area (Å²) >= 11 is 0. The number of hydrogen-bond donors (Lipinski definition) is 0. The van der Waals surface area contributed by atoms with Gasteiger partial charge in [0, 0.05) is 11.1 Å². The Morgan fingerprint density at radius 1 is 0.840 bits per heavy atom. The highest BCUT2D eigenvalue weighted by atomic mass is 16.1. The normalized spacial score (nSPS) is 20.4. The summed E-state index contributed by atoms with van der Waals surface area (Å²) in [7, 11) is 0. The maximum absolute atomic E-state index is 12.5. The Morgan fingerprint density at radius 2 is 1.48 bits per heavy atom. The highest BCUT2D eigenvalue weighted by molar-refractivity contribution is 6.08. The highest BCUT2D eigenvalue weighted by Gasteiger charge is 2.22. The van der Waals surface area contributed by atoms with Crippen LogP contribution in [0.2, 0.25) is 0 Å². The molecule has 0 unspecified atom stereocenters. The van der Waals surface area contributed by atoms with Gasteiger partial charge in [0.1, 0.15) is 0 Å².